The molecule has 0 unspecified atom stereocenters. The maximum absolute atomic E-state index is 10.8. The summed E-state index contributed by atoms with van der Waals surface area (Å²) in [6.07, 6.45) is 3.79. The van der Waals surface area contributed by atoms with Gasteiger partial charge in [0, 0.05) is 20.4 Å². The molecular formula is C10H17NO4. The molecule has 1 amide bonds. The number of nitrogens with one attached hydrogen (secondary N) is 1. The second-order valence-electron chi connectivity index (χ2n) is 2.77. The minimum Gasteiger partial charge on any atom is -0.462 e. The Balaban J connectivity index is 3.23. The highest BCUT2D eigenvalue weighted by Gasteiger charge is 1.95. The van der Waals surface area contributed by atoms with E-state index in [0.717, 1.165) is 0 Å². The van der Waals surface area contributed by atoms with Gasteiger partial charge in [0.1, 0.15) is 6.61 Å². The van der Waals surface area contributed by atoms with E-state index in [9.17, 15) is 9.59 Å². The molecule has 5 nitrogen and oxygen atoms in total. The van der Waals surface area contributed by atoms with Crippen molar-refractivity contribution >= 4 is 11.9 Å². The number of rotatable bonds is 7. The van der Waals surface area contributed by atoms with Crippen LogP contribution in [-0.4, -0.2) is 38.7 Å². The van der Waals surface area contributed by atoms with Crippen molar-refractivity contribution in [1.29, 1.82) is 0 Å². The SMILES string of the molecule is CNC(=O)CCOCC=CCOC(C)=O. The Labute approximate surface area is 89.4 Å². The van der Waals surface area contributed by atoms with Crippen LogP contribution in [0.15, 0.2) is 12.2 Å². The van der Waals surface area contributed by atoms with Crippen molar-refractivity contribution in [3.8, 4) is 0 Å². The highest BCUT2D eigenvalue weighted by atomic mass is 16.5. The smallest absolute Gasteiger partial charge is 0.302 e. The summed E-state index contributed by atoms with van der Waals surface area (Å²) in [4.78, 5) is 21.1. The summed E-state index contributed by atoms with van der Waals surface area (Å²) in [7, 11) is 1.58. The zero-order valence-electron chi connectivity index (χ0n) is 9.12. The van der Waals surface area contributed by atoms with Gasteiger partial charge in [-0.2, -0.15) is 0 Å². The lowest BCUT2D eigenvalue weighted by molar-refractivity contribution is -0.139. The van der Waals surface area contributed by atoms with Gasteiger partial charge in [-0.05, 0) is 6.08 Å². The third kappa shape index (κ3) is 10.6. The molecule has 0 saturated heterocycles. The fraction of sp³-hybridized carbons (Fsp3) is 0.600. The Morgan fingerprint density at radius 3 is 2.53 bits per heavy atom. The fourth-order valence-electron chi connectivity index (χ4n) is 0.743. The maximum Gasteiger partial charge on any atom is 0.302 e. The summed E-state index contributed by atoms with van der Waals surface area (Å²) in [5, 5.41) is 2.49. The van der Waals surface area contributed by atoms with Gasteiger partial charge in [0.25, 0.3) is 0 Å². The summed E-state index contributed by atoms with van der Waals surface area (Å²) in [5.74, 6) is -0.348. The minimum atomic E-state index is -0.305. The van der Waals surface area contributed by atoms with Crippen molar-refractivity contribution < 1.29 is 19.1 Å². The monoisotopic (exact) mass is 215 g/mol. The van der Waals surface area contributed by atoms with Crippen LogP contribution in [0.3, 0.4) is 0 Å². The van der Waals surface area contributed by atoms with Crippen LogP contribution in [0.4, 0.5) is 0 Å². The van der Waals surface area contributed by atoms with Gasteiger partial charge < -0.3 is 14.8 Å². The zero-order chi connectivity index (χ0) is 11.5. The molecule has 0 aromatic heterocycles. The standard InChI is InChI=1S/C10H17NO4/c1-9(12)15-7-4-3-6-14-8-5-10(13)11-2/h3-4H,5-8H2,1-2H3,(H,11,13). The lowest BCUT2D eigenvalue weighted by Crippen LogP contribution is -2.19. The minimum absolute atomic E-state index is 0.0427. The van der Waals surface area contributed by atoms with E-state index in [1.807, 2.05) is 0 Å². The van der Waals surface area contributed by atoms with Crippen molar-refractivity contribution in [2.45, 2.75) is 13.3 Å². The fourth-order valence-corrected chi connectivity index (χ4v) is 0.743. The van der Waals surface area contributed by atoms with E-state index in [-0.39, 0.29) is 18.5 Å². The van der Waals surface area contributed by atoms with Crippen LogP contribution in [0.1, 0.15) is 13.3 Å². The van der Waals surface area contributed by atoms with Gasteiger partial charge in [-0.25, -0.2) is 0 Å². The lowest BCUT2D eigenvalue weighted by Gasteiger charge is -2.00. The van der Waals surface area contributed by atoms with E-state index in [1.165, 1.54) is 6.92 Å². The number of hydrogen-bond donors (Lipinski definition) is 1. The summed E-state index contributed by atoms with van der Waals surface area (Å²) in [6.45, 7) is 2.41. The molecule has 0 aliphatic carbocycles. The van der Waals surface area contributed by atoms with E-state index >= 15 is 0 Å². The molecule has 15 heavy (non-hydrogen) atoms. The zero-order valence-corrected chi connectivity index (χ0v) is 9.12. The topological polar surface area (TPSA) is 64.6 Å². The van der Waals surface area contributed by atoms with Gasteiger partial charge in [-0.1, -0.05) is 6.08 Å². The van der Waals surface area contributed by atoms with Crippen molar-refractivity contribution in [1.82, 2.24) is 5.32 Å². The summed E-state index contributed by atoms with van der Waals surface area (Å²) in [5.41, 5.74) is 0. The van der Waals surface area contributed by atoms with Crippen LogP contribution in [0.25, 0.3) is 0 Å². The highest BCUT2D eigenvalue weighted by molar-refractivity contribution is 5.75. The van der Waals surface area contributed by atoms with E-state index in [4.69, 9.17) is 4.74 Å². The van der Waals surface area contributed by atoms with Crippen LogP contribution >= 0.6 is 0 Å². The number of ether oxygens (including phenoxy) is 2. The number of esters is 1. The van der Waals surface area contributed by atoms with Crippen molar-refractivity contribution in [3.63, 3.8) is 0 Å². The van der Waals surface area contributed by atoms with Crippen molar-refractivity contribution in [3.05, 3.63) is 12.2 Å². The highest BCUT2D eigenvalue weighted by Crippen LogP contribution is 1.85. The van der Waals surface area contributed by atoms with Crippen LogP contribution < -0.4 is 5.32 Å². The van der Waals surface area contributed by atoms with E-state index < -0.39 is 0 Å². The van der Waals surface area contributed by atoms with Gasteiger partial charge in [-0.3, -0.25) is 9.59 Å². The molecule has 1 N–H and O–H groups in total. The van der Waals surface area contributed by atoms with Gasteiger partial charge >= 0.3 is 5.97 Å². The van der Waals surface area contributed by atoms with Gasteiger partial charge in [0.2, 0.25) is 5.91 Å². The Morgan fingerprint density at radius 1 is 1.27 bits per heavy atom. The molecule has 0 aromatic rings. The molecule has 0 rings (SSSR count). The molecule has 0 spiro atoms. The Hall–Kier alpha value is -1.36. The third-order valence-electron chi connectivity index (χ3n) is 1.52. The predicted octanol–water partition coefficient (Wildman–Crippen LogP) is 0.258. The number of hydrogen-bond acceptors (Lipinski definition) is 4. The normalized spacial score (nSPS) is 10.3. The Bertz CT molecular complexity index is 225. The van der Waals surface area contributed by atoms with Crippen molar-refractivity contribution in [2.75, 3.05) is 26.9 Å². The quantitative estimate of drug-likeness (QED) is 0.376. The average molecular weight is 215 g/mol. The van der Waals surface area contributed by atoms with Crippen LogP contribution in [0, 0.1) is 0 Å². The first-order chi connectivity index (χ1) is 7.16. The summed E-state index contributed by atoms with van der Waals surface area (Å²) in [6, 6.07) is 0. The van der Waals surface area contributed by atoms with Gasteiger partial charge in [0.15, 0.2) is 0 Å². The van der Waals surface area contributed by atoms with Gasteiger partial charge in [-0.15, -0.1) is 0 Å². The molecule has 86 valence electrons. The molecule has 0 aliphatic heterocycles. The number of carbonyl (C=O) groups excluding carboxylic acids is 2. The lowest BCUT2D eigenvalue weighted by atomic mass is 10.4. The largest absolute Gasteiger partial charge is 0.462 e. The average Bonchev–Trinajstić information content (AvgIpc) is 2.21. The molecular weight excluding hydrogens is 198 g/mol. The maximum atomic E-state index is 10.8. The molecule has 0 fully saturated rings. The van der Waals surface area contributed by atoms with Crippen LogP contribution in [-0.2, 0) is 19.1 Å². The van der Waals surface area contributed by atoms with Crippen molar-refractivity contribution in [2.24, 2.45) is 0 Å². The van der Waals surface area contributed by atoms with E-state index in [1.54, 1.807) is 19.2 Å². The second-order valence-corrected chi connectivity index (χ2v) is 2.77. The van der Waals surface area contributed by atoms with Gasteiger partial charge in [0.05, 0.1) is 13.2 Å². The predicted molar refractivity (Wildman–Crippen MR) is 55.3 cm³/mol. The van der Waals surface area contributed by atoms with Crippen LogP contribution in [0.5, 0.6) is 0 Å². The Kier molecular flexibility index (Phi) is 8.37. The molecule has 0 heterocycles. The Morgan fingerprint density at radius 2 is 1.93 bits per heavy atom. The number of amides is 1. The molecule has 0 radical (unpaired) electrons. The van der Waals surface area contributed by atoms with E-state index in [2.05, 4.69) is 10.1 Å². The molecule has 0 aliphatic rings. The molecule has 0 aromatic carbocycles. The molecule has 5 heteroatoms. The first-order valence-electron chi connectivity index (χ1n) is 4.73. The summed E-state index contributed by atoms with van der Waals surface area (Å²) < 4.78 is 9.78. The van der Waals surface area contributed by atoms with Crippen LogP contribution in [0.2, 0.25) is 0 Å². The first kappa shape index (κ1) is 13.6. The summed E-state index contributed by atoms with van der Waals surface area (Å²) >= 11 is 0. The molecule has 0 saturated carbocycles. The second kappa shape index (κ2) is 9.21. The third-order valence-corrected chi connectivity index (χ3v) is 1.52. The van der Waals surface area contributed by atoms with E-state index in [0.29, 0.717) is 19.6 Å². The molecule has 0 bridgehead atoms. The molecule has 0 atom stereocenters. The first-order valence-corrected chi connectivity index (χ1v) is 4.73. The number of carbonyl (C=O) groups is 2.